The van der Waals surface area contributed by atoms with Crippen LogP contribution in [0.25, 0.3) is 6.08 Å². The standard InChI is InChI=1S/C23H20BrClN4O3S/c1-3-19-28-29-21(26)15(22(30)27-23(29)33-19)9-13-10-16(24)20(18(11-13)31-4-2)32-12-14-7-5-6-8-17(14)25/h5-11,26H,3-4,12H2,1-2H3/b15-9-,26-21?. The summed E-state index contributed by atoms with van der Waals surface area (Å²) in [5.74, 6) is 0.554. The molecule has 2 aliphatic rings. The van der Waals surface area contributed by atoms with Gasteiger partial charge in [0.15, 0.2) is 17.3 Å². The van der Waals surface area contributed by atoms with Crippen LogP contribution in [0.4, 0.5) is 0 Å². The number of hydrogen-bond donors (Lipinski definition) is 1. The molecule has 0 saturated heterocycles. The summed E-state index contributed by atoms with van der Waals surface area (Å²) < 4.78 is 12.5. The van der Waals surface area contributed by atoms with Crippen LogP contribution in [0.2, 0.25) is 5.02 Å². The Kier molecular flexibility index (Phi) is 7.21. The molecule has 33 heavy (non-hydrogen) atoms. The van der Waals surface area contributed by atoms with Gasteiger partial charge in [-0.05, 0) is 70.9 Å². The molecule has 2 aromatic rings. The van der Waals surface area contributed by atoms with Gasteiger partial charge in [0, 0.05) is 10.6 Å². The molecule has 2 aromatic carbocycles. The van der Waals surface area contributed by atoms with Gasteiger partial charge in [0.1, 0.15) is 11.7 Å². The lowest BCUT2D eigenvalue weighted by atomic mass is 10.1. The Balaban J connectivity index is 1.64. The van der Waals surface area contributed by atoms with E-state index in [1.165, 1.54) is 16.8 Å². The van der Waals surface area contributed by atoms with E-state index in [1.54, 1.807) is 18.2 Å². The SMILES string of the molecule is CCOc1cc(/C=C2/C(=N)N3N=C(CC)SC3=NC2=O)cc(Br)c1OCc1ccccc1Cl. The number of amidine groups is 2. The molecule has 1 N–H and O–H groups in total. The maximum atomic E-state index is 12.6. The van der Waals surface area contributed by atoms with Crippen LogP contribution in [0.3, 0.4) is 0 Å². The molecule has 0 bridgehead atoms. The average molecular weight is 548 g/mol. The molecule has 2 heterocycles. The van der Waals surface area contributed by atoms with Crippen molar-refractivity contribution in [1.29, 1.82) is 5.41 Å². The minimum absolute atomic E-state index is 0.00548. The van der Waals surface area contributed by atoms with Gasteiger partial charge in [-0.25, -0.2) is 0 Å². The van der Waals surface area contributed by atoms with E-state index >= 15 is 0 Å². The van der Waals surface area contributed by atoms with E-state index in [-0.39, 0.29) is 18.0 Å². The zero-order chi connectivity index (χ0) is 23.5. The van der Waals surface area contributed by atoms with E-state index in [1.807, 2.05) is 38.1 Å². The third kappa shape index (κ3) is 5.00. The highest BCUT2D eigenvalue weighted by molar-refractivity contribution is 9.10. The predicted octanol–water partition coefficient (Wildman–Crippen LogP) is 6.11. The Bertz CT molecular complexity index is 1230. The van der Waals surface area contributed by atoms with Crippen LogP contribution in [0.15, 0.2) is 56.5 Å². The van der Waals surface area contributed by atoms with E-state index in [4.69, 9.17) is 26.5 Å². The van der Waals surface area contributed by atoms with Crippen LogP contribution in [-0.4, -0.2) is 33.6 Å². The number of nitrogens with one attached hydrogen (secondary N) is 1. The molecule has 0 atom stereocenters. The highest BCUT2D eigenvalue weighted by atomic mass is 79.9. The van der Waals surface area contributed by atoms with E-state index in [2.05, 4.69) is 26.0 Å². The first-order valence-corrected chi connectivity index (χ1v) is 12.2. The number of aliphatic imine (C=N–C) groups is 1. The normalized spacial score (nSPS) is 16.6. The van der Waals surface area contributed by atoms with E-state index in [0.29, 0.717) is 44.8 Å². The number of nitrogens with zero attached hydrogens (tertiary/aromatic N) is 3. The van der Waals surface area contributed by atoms with Crippen molar-refractivity contribution in [1.82, 2.24) is 5.01 Å². The summed E-state index contributed by atoms with van der Waals surface area (Å²) in [6, 6.07) is 11.0. The number of thioether (sulfide) groups is 1. The van der Waals surface area contributed by atoms with Crippen LogP contribution < -0.4 is 9.47 Å². The van der Waals surface area contributed by atoms with Crippen molar-refractivity contribution >= 4 is 67.3 Å². The number of halogens is 2. The first-order valence-electron chi connectivity index (χ1n) is 10.2. The number of hydrazone groups is 1. The second-order valence-corrected chi connectivity index (χ2v) is 9.31. The third-order valence-electron chi connectivity index (χ3n) is 4.77. The third-order valence-corrected chi connectivity index (χ3v) is 6.78. The number of rotatable bonds is 7. The van der Waals surface area contributed by atoms with Crippen LogP contribution >= 0.6 is 39.3 Å². The fraction of sp³-hybridized carbons (Fsp3) is 0.217. The summed E-state index contributed by atoms with van der Waals surface area (Å²) in [7, 11) is 0. The minimum Gasteiger partial charge on any atom is -0.490 e. The van der Waals surface area contributed by atoms with Gasteiger partial charge in [0.2, 0.25) is 5.17 Å². The fourth-order valence-corrected chi connectivity index (χ4v) is 4.77. The zero-order valence-corrected chi connectivity index (χ0v) is 21.1. The molecule has 1 amide bonds. The Morgan fingerprint density at radius 2 is 2.03 bits per heavy atom. The lowest BCUT2D eigenvalue weighted by Gasteiger charge is -2.20. The Hall–Kier alpha value is -2.62. The summed E-state index contributed by atoms with van der Waals surface area (Å²) in [6.45, 7) is 4.54. The number of carbonyl (C=O) groups is 1. The number of benzene rings is 2. The molecular weight excluding hydrogens is 528 g/mol. The smallest absolute Gasteiger partial charge is 0.283 e. The molecule has 10 heteroatoms. The van der Waals surface area contributed by atoms with Gasteiger partial charge >= 0.3 is 0 Å². The van der Waals surface area contributed by atoms with Crippen molar-refractivity contribution in [3.05, 3.63) is 62.6 Å². The van der Waals surface area contributed by atoms with E-state index < -0.39 is 5.91 Å². The summed E-state index contributed by atoms with van der Waals surface area (Å²) in [6.07, 6.45) is 2.32. The lowest BCUT2D eigenvalue weighted by molar-refractivity contribution is -0.114. The Morgan fingerprint density at radius 3 is 2.76 bits per heavy atom. The van der Waals surface area contributed by atoms with Crippen molar-refractivity contribution in [2.75, 3.05) is 6.61 Å². The molecule has 4 rings (SSSR count). The number of fused-ring (bicyclic) bond motifs is 1. The fourth-order valence-electron chi connectivity index (χ4n) is 3.18. The van der Waals surface area contributed by atoms with E-state index in [0.717, 1.165) is 10.6 Å². The average Bonchev–Trinajstić information content (AvgIpc) is 3.20. The molecule has 0 aromatic heterocycles. The van der Waals surface area contributed by atoms with Gasteiger partial charge in [0.25, 0.3) is 5.91 Å². The maximum absolute atomic E-state index is 12.6. The number of ether oxygens (including phenoxy) is 2. The molecule has 0 aliphatic carbocycles. The molecule has 170 valence electrons. The topological polar surface area (TPSA) is 87.3 Å². The van der Waals surface area contributed by atoms with Crippen LogP contribution in [0.1, 0.15) is 31.4 Å². The second kappa shape index (κ2) is 10.1. The van der Waals surface area contributed by atoms with Crippen molar-refractivity contribution < 1.29 is 14.3 Å². The molecule has 0 unspecified atom stereocenters. The Morgan fingerprint density at radius 1 is 1.24 bits per heavy atom. The molecule has 0 saturated carbocycles. The summed E-state index contributed by atoms with van der Waals surface area (Å²) in [5, 5.41) is 16.1. The quantitative estimate of drug-likeness (QED) is 0.423. The summed E-state index contributed by atoms with van der Waals surface area (Å²) >= 11 is 11.1. The minimum atomic E-state index is -0.473. The summed E-state index contributed by atoms with van der Waals surface area (Å²) in [4.78, 5) is 16.7. The number of carbonyl (C=O) groups excluding carboxylic acids is 1. The largest absolute Gasteiger partial charge is 0.490 e. The molecule has 7 nitrogen and oxygen atoms in total. The summed E-state index contributed by atoms with van der Waals surface area (Å²) in [5.41, 5.74) is 1.67. The zero-order valence-electron chi connectivity index (χ0n) is 17.9. The number of amides is 1. The first-order chi connectivity index (χ1) is 15.9. The Labute approximate surface area is 209 Å². The van der Waals surface area contributed by atoms with Gasteiger partial charge < -0.3 is 9.47 Å². The maximum Gasteiger partial charge on any atom is 0.283 e. The van der Waals surface area contributed by atoms with Crippen molar-refractivity contribution in [2.45, 2.75) is 26.9 Å². The monoisotopic (exact) mass is 546 g/mol. The van der Waals surface area contributed by atoms with Gasteiger partial charge in [-0.15, -0.1) is 0 Å². The second-order valence-electron chi connectivity index (χ2n) is 7.01. The molecule has 2 aliphatic heterocycles. The molecule has 0 radical (unpaired) electrons. The molecule has 0 fully saturated rings. The molecular formula is C23H20BrClN4O3S. The van der Waals surface area contributed by atoms with E-state index in [9.17, 15) is 4.79 Å². The highest BCUT2D eigenvalue weighted by Crippen LogP contribution is 2.39. The highest BCUT2D eigenvalue weighted by Gasteiger charge is 2.35. The van der Waals surface area contributed by atoms with Gasteiger partial charge in [-0.2, -0.15) is 15.1 Å². The van der Waals surface area contributed by atoms with Crippen LogP contribution in [0, 0.1) is 5.41 Å². The lowest BCUT2D eigenvalue weighted by Crippen LogP contribution is -2.35. The van der Waals surface area contributed by atoms with Gasteiger partial charge in [0.05, 0.1) is 16.7 Å². The van der Waals surface area contributed by atoms with Crippen LogP contribution in [-0.2, 0) is 11.4 Å². The van der Waals surface area contributed by atoms with Gasteiger partial charge in [-0.3, -0.25) is 10.2 Å². The van der Waals surface area contributed by atoms with Gasteiger partial charge in [-0.1, -0.05) is 36.7 Å². The molecule has 0 spiro atoms. The van der Waals surface area contributed by atoms with Crippen LogP contribution in [0.5, 0.6) is 11.5 Å². The van der Waals surface area contributed by atoms with Crippen molar-refractivity contribution in [3.8, 4) is 11.5 Å². The predicted molar refractivity (Wildman–Crippen MR) is 136 cm³/mol. The number of hydrogen-bond acceptors (Lipinski definition) is 6. The first kappa shape index (κ1) is 23.5. The van der Waals surface area contributed by atoms with Crippen molar-refractivity contribution in [2.24, 2.45) is 10.1 Å². The van der Waals surface area contributed by atoms with Crippen molar-refractivity contribution in [3.63, 3.8) is 0 Å².